The Morgan fingerprint density at radius 3 is 2.70 bits per heavy atom. The van der Waals surface area contributed by atoms with Crippen LogP contribution in [0.15, 0.2) is 47.7 Å². The molecule has 2 rings (SSSR count). The van der Waals surface area contributed by atoms with Gasteiger partial charge in [-0.3, -0.25) is 9.67 Å². The highest BCUT2D eigenvalue weighted by molar-refractivity contribution is 14.0. The Morgan fingerprint density at radius 2 is 2.04 bits per heavy atom. The number of nitrogens with zero attached hydrogens (tertiary/aromatic N) is 3. The molecular formula is C20H32IN5O. The van der Waals surface area contributed by atoms with Gasteiger partial charge in [0.1, 0.15) is 0 Å². The SMILES string of the molecule is CCNC(=NCCCOC(C)c1ccccc1)NCCc1cnn(C)c1.I. The van der Waals surface area contributed by atoms with Crippen LogP contribution in [0.5, 0.6) is 0 Å². The highest BCUT2D eigenvalue weighted by atomic mass is 127. The van der Waals surface area contributed by atoms with E-state index in [0.29, 0.717) is 6.61 Å². The number of rotatable bonds is 10. The van der Waals surface area contributed by atoms with Crippen molar-refractivity contribution in [3.05, 3.63) is 53.9 Å². The maximum Gasteiger partial charge on any atom is 0.191 e. The zero-order chi connectivity index (χ0) is 18.6. The molecule has 0 spiro atoms. The van der Waals surface area contributed by atoms with Crippen LogP contribution in [-0.2, 0) is 18.2 Å². The predicted molar refractivity (Wildman–Crippen MR) is 122 cm³/mol. The van der Waals surface area contributed by atoms with E-state index in [1.165, 1.54) is 11.1 Å². The molecule has 6 nitrogen and oxygen atoms in total. The molecule has 0 fully saturated rings. The first kappa shape index (κ1) is 23.4. The van der Waals surface area contributed by atoms with Crippen LogP contribution in [0.3, 0.4) is 0 Å². The van der Waals surface area contributed by atoms with Gasteiger partial charge in [0.05, 0.1) is 12.3 Å². The van der Waals surface area contributed by atoms with Gasteiger partial charge in [0.25, 0.3) is 0 Å². The molecule has 0 aliphatic heterocycles. The summed E-state index contributed by atoms with van der Waals surface area (Å²) in [4.78, 5) is 4.61. The Balaban J connectivity index is 0.00000364. The third-order valence-electron chi connectivity index (χ3n) is 4.02. The molecule has 0 bridgehead atoms. The van der Waals surface area contributed by atoms with Crippen molar-refractivity contribution in [2.45, 2.75) is 32.8 Å². The highest BCUT2D eigenvalue weighted by Gasteiger charge is 2.04. The predicted octanol–water partition coefficient (Wildman–Crippen LogP) is 3.30. The van der Waals surface area contributed by atoms with Gasteiger partial charge in [-0.05, 0) is 37.8 Å². The molecule has 2 aromatic rings. The Kier molecular flexibility index (Phi) is 11.8. The van der Waals surface area contributed by atoms with E-state index in [1.807, 2.05) is 42.3 Å². The average molecular weight is 485 g/mol. The lowest BCUT2D eigenvalue weighted by Gasteiger charge is -2.13. The number of hydrogen-bond donors (Lipinski definition) is 2. The van der Waals surface area contributed by atoms with Crippen LogP contribution in [0.25, 0.3) is 0 Å². The Morgan fingerprint density at radius 1 is 1.26 bits per heavy atom. The van der Waals surface area contributed by atoms with Gasteiger partial charge in [0.15, 0.2) is 5.96 Å². The molecule has 27 heavy (non-hydrogen) atoms. The van der Waals surface area contributed by atoms with Crippen LogP contribution in [0, 0.1) is 0 Å². The lowest BCUT2D eigenvalue weighted by Crippen LogP contribution is -2.38. The molecular weight excluding hydrogens is 453 g/mol. The van der Waals surface area contributed by atoms with Crippen molar-refractivity contribution < 1.29 is 4.74 Å². The molecule has 2 N–H and O–H groups in total. The van der Waals surface area contributed by atoms with Gasteiger partial charge in [0, 0.05) is 39.5 Å². The molecule has 0 aliphatic carbocycles. The minimum absolute atomic E-state index is 0. The van der Waals surface area contributed by atoms with Crippen molar-refractivity contribution in [2.75, 3.05) is 26.2 Å². The second kappa shape index (κ2) is 13.5. The summed E-state index contributed by atoms with van der Waals surface area (Å²) in [6.45, 7) is 7.28. The topological polar surface area (TPSA) is 63.5 Å². The fourth-order valence-corrected chi connectivity index (χ4v) is 2.60. The number of hydrogen-bond acceptors (Lipinski definition) is 3. The van der Waals surface area contributed by atoms with Gasteiger partial charge >= 0.3 is 0 Å². The fraction of sp³-hybridized carbons (Fsp3) is 0.500. The van der Waals surface area contributed by atoms with Crippen LogP contribution >= 0.6 is 24.0 Å². The van der Waals surface area contributed by atoms with E-state index in [0.717, 1.165) is 38.4 Å². The van der Waals surface area contributed by atoms with Gasteiger partial charge in [-0.1, -0.05) is 30.3 Å². The van der Waals surface area contributed by atoms with Gasteiger partial charge in [-0.15, -0.1) is 24.0 Å². The summed E-state index contributed by atoms with van der Waals surface area (Å²) < 4.78 is 7.72. The summed E-state index contributed by atoms with van der Waals surface area (Å²) in [6, 6.07) is 10.3. The zero-order valence-corrected chi connectivity index (χ0v) is 18.8. The van der Waals surface area contributed by atoms with E-state index in [1.54, 1.807) is 0 Å². The first-order valence-corrected chi connectivity index (χ1v) is 9.35. The third kappa shape index (κ3) is 9.23. The Hall–Kier alpha value is -1.61. The van der Waals surface area contributed by atoms with Crippen LogP contribution in [0.1, 0.15) is 37.5 Å². The number of guanidine groups is 1. The molecule has 0 saturated carbocycles. The molecule has 150 valence electrons. The quantitative estimate of drug-likeness (QED) is 0.235. The molecule has 1 aromatic carbocycles. The number of benzene rings is 1. The molecule has 0 radical (unpaired) electrons. The van der Waals surface area contributed by atoms with Gasteiger partial charge in [0.2, 0.25) is 0 Å². The van der Waals surface area contributed by atoms with E-state index in [9.17, 15) is 0 Å². The maximum absolute atomic E-state index is 5.89. The van der Waals surface area contributed by atoms with Gasteiger partial charge in [-0.25, -0.2) is 0 Å². The number of aliphatic imine (C=N–C) groups is 1. The molecule has 0 aliphatic rings. The van der Waals surface area contributed by atoms with Crippen molar-refractivity contribution in [1.29, 1.82) is 0 Å². The summed E-state index contributed by atoms with van der Waals surface area (Å²) in [5.74, 6) is 0.854. The van der Waals surface area contributed by atoms with Crippen LogP contribution in [0.2, 0.25) is 0 Å². The summed E-state index contributed by atoms with van der Waals surface area (Å²) in [5.41, 5.74) is 2.43. The second-order valence-corrected chi connectivity index (χ2v) is 6.24. The first-order chi connectivity index (χ1) is 12.7. The minimum Gasteiger partial charge on any atom is -0.374 e. The van der Waals surface area contributed by atoms with E-state index < -0.39 is 0 Å². The Bertz CT molecular complexity index is 659. The molecule has 7 heteroatoms. The lowest BCUT2D eigenvalue weighted by molar-refractivity contribution is 0.0652. The molecule has 1 aromatic heterocycles. The molecule has 0 amide bonds. The summed E-state index contributed by atoms with van der Waals surface area (Å²) in [7, 11) is 1.93. The van der Waals surface area contributed by atoms with E-state index in [4.69, 9.17) is 4.74 Å². The third-order valence-corrected chi connectivity index (χ3v) is 4.02. The lowest BCUT2D eigenvalue weighted by atomic mass is 10.1. The monoisotopic (exact) mass is 485 g/mol. The molecule has 1 heterocycles. The Labute approximate surface area is 179 Å². The number of aromatic nitrogens is 2. The largest absolute Gasteiger partial charge is 0.374 e. The number of aryl methyl sites for hydroxylation is 1. The van der Waals surface area contributed by atoms with E-state index in [2.05, 4.69) is 46.7 Å². The van der Waals surface area contributed by atoms with Gasteiger partial charge in [-0.2, -0.15) is 5.10 Å². The van der Waals surface area contributed by atoms with Crippen LogP contribution in [0.4, 0.5) is 0 Å². The number of halogens is 1. The number of ether oxygens (including phenoxy) is 1. The maximum atomic E-state index is 5.89. The summed E-state index contributed by atoms with van der Waals surface area (Å²) in [6.07, 6.45) is 5.88. The van der Waals surface area contributed by atoms with Crippen molar-refractivity contribution in [2.24, 2.45) is 12.0 Å². The van der Waals surface area contributed by atoms with Crippen molar-refractivity contribution in [3.8, 4) is 0 Å². The van der Waals surface area contributed by atoms with Crippen LogP contribution < -0.4 is 10.6 Å². The summed E-state index contributed by atoms with van der Waals surface area (Å²) >= 11 is 0. The average Bonchev–Trinajstić information content (AvgIpc) is 3.07. The minimum atomic E-state index is 0. The second-order valence-electron chi connectivity index (χ2n) is 6.24. The smallest absolute Gasteiger partial charge is 0.191 e. The standard InChI is InChI=1S/C20H31N5O.HI/c1-4-21-20(23-13-11-18-15-24-25(3)16-18)22-12-8-14-26-17(2)19-9-6-5-7-10-19;/h5-7,9-10,15-17H,4,8,11-14H2,1-3H3,(H2,21,22,23);1H. The molecule has 1 atom stereocenters. The van der Waals surface area contributed by atoms with Gasteiger partial charge < -0.3 is 15.4 Å². The van der Waals surface area contributed by atoms with Crippen molar-refractivity contribution in [3.63, 3.8) is 0 Å². The zero-order valence-electron chi connectivity index (χ0n) is 16.5. The molecule has 0 saturated heterocycles. The normalized spacial score (nSPS) is 12.3. The van der Waals surface area contributed by atoms with E-state index in [-0.39, 0.29) is 30.1 Å². The van der Waals surface area contributed by atoms with Crippen LogP contribution in [-0.4, -0.2) is 42.0 Å². The molecule has 1 unspecified atom stereocenters. The fourth-order valence-electron chi connectivity index (χ4n) is 2.60. The number of nitrogens with one attached hydrogen (secondary N) is 2. The van der Waals surface area contributed by atoms with Crippen molar-refractivity contribution in [1.82, 2.24) is 20.4 Å². The highest BCUT2D eigenvalue weighted by Crippen LogP contribution is 2.15. The first-order valence-electron chi connectivity index (χ1n) is 9.35. The van der Waals surface area contributed by atoms with Crippen molar-refractivity contribution >= 4 is 29.9 Å². The summed E-state index contributed by atoms with van der Waals surface area (Å²) in [5, 5.41) is 10.8. The van der Waals surface area contributed by atoms with E-state index >= 15 is 0 Å².